The average Bonchev–Trinajstić information content (AvgIpc) is 2.71. The van der Waals surface area contributed by atoms with Gasteiger partial charge < -0.3 is 9.84 Å². The first-order chi connectivity index (χ1) is 7.06. The third-order valence-corrected chi connectivity index (χ3v) is 4.09. The Morgan fingerprint density at radius 1 is 1.27 bits per heavy atom. The van der Waals surface area contributed by atoms with Gasteiger partial charge in [0.1, 0.15) is 0 Å². The Bertz CT molecular complexity index is 299. The number of carboxylic acid groups (broad SMARTS) is 1. The Labute approximate surface area is 88.6 Å². The van der Waals surface area contributed by atoms with Crippen molar-refractivity contribution in [3.63, 3.8) is 0 Å². The molecule has 1 N–H and O–H groups in total. The lowest BCUT2D eigenvalue weighted by Gasteiger charge is -2.29. The second kappa shape index (κ2) is 3.51. The molecule has 0 amide bonds. The Kier molecular flexibility index (Phi) is 2.44. The Morgan fingerprint density at radius 2 is 1.93 bits per heavy atom. The molecule has 0 aromatic carbocycles. The molecule has 4 heteroatoms. The van der Waals surface area contributed by atoms with E-state index in [1.54, 1.807) is 0 Å². The summed E-state index contributed by atoms with van der Waals surface area (Å²) in [4.78, 5) is 22.7. The van der Waals surface area contributed by atoms with Crippen molar-refractivity contribution in [3.05, 3.63) is 0 Å². The van der Waals surface area contributed by atoms with Gasteiger partial charge in [0.15, 0.2) is 0 Å². The average molecular weight is 212 g/mol. The van der Waals surface area contributed by atoms with Crippen LogP contribution in [0.3, 0.4) is 0 Å². The molecule has 0 radical (unpaired) electrons. The summed E-state index contributed by atoms with van der Waals surface area (Å²) < 4.78 is 4.71. The maximum atomic E-state index is 11.6. The van der Waals surface area contributed by atoms with Crippen molar-refractivity contribution in [3.8, 4) is 0 Å². The van der Waals surface area contributed by atoms with Crippen molar-refractivity contribution in [2.45, 2.75) is 19.8 Å². The number of methoxy groups -OCH3 is 1. The van der Waals surface area contributed by atoms with Gasteiger partial charge >= 0.3 is 11.9 Å². The fourth-order valence-corrected chi connectivity index (χ4v) is 3.50. The van der Waals surface area contributed by atoms with Gasteiger partial charge in [0.25, 0.3) is 0 Å². The van der Waals surface area contributed by atoms with Crippen molar-refractivity contribution in [2.75, 3.05) is 7.11 Å². The summed E-state index contributed by atoms with van der Waals surface area (Å²) in [5, 5.41) is 9.13. The maximum absolute atomic E-state index is 11.6. The minimum absolute atomic E-state index is 0.173. The number of hydrogen-bond acceptors (Lipinski definition) is 3. The molecular weight excluding hydrogens is 196 g/mol. The molecule has 0 aliphatic heterocycles. The topological polar surface area (TPSA) is 63.6 Å². The lowest BCUT2D eigenvalue weighted by Crippen LogP contribution is -2.38. The van der Waals surface area contributed by atoms with Crippen LogP contribution in [0.15, 0.2) is 0 Å². The summed E-state index contributed by atoms with van der Waals surface area (Å²) in [5.41, 5.74) is 0. The van der Waals surface area contributed by atoms with E-state index in [9.17, 15) is 9.59 Å². The van der Waals surface area contributed by atoms with Crippen LogP contribution in [0.25, 0.3) is 0 Å². The standard InChI is InChI=1S/C11H16O4/c1-5-3-6-4-7(5)9(11(14)15-2)8(6)10(12)13/h5-9H,3-4H2,1-2H3,(H,12,13)/t5-,6?,7?,8-,9-/m0/s1. The molecule has 2 aliphatic carbocycles. The molecule has 0 aromatic rings. The quantitative estimate of drug-likeness (QED) is 0.697. The zero-order valence-electron chi connectivity index (χ0n) is 8.97. The van der Waals surface area contributed by atoms with Crippen LogP contribution < -0.4 is 0 Å². The minimum atomic E-state index is -0.843. The van der Waals surface area contributed by atoms with E-state index >= 15 is 0 Å². The number of carboxylic acids is 1. The molecule has 2 saturated carbocycles. The number of fused-ring (bicyclic) bond motifs is 2. The highest BCUT2D eigenvalue weighted by Crippen LogP contribution is 2.55. The van der Waals surface area contributed by atoms with Crippen molar-refractivity contribution in [2.24, 2.45) is 29.6 Å². The van der Waals surface area contributed by atoms with Crippen molar-refractivity contribution in [1.29, 1.82) is 0 Å². The van der Waals surface area contributed by atoms with Crippen LogP contribution in [0.5, 0.6) is 0 Å². The molecule has 2 bridgehead atoms. The van der Waals surface area contributed by atoms with Gasteiger partial charge in [0.2, 0.25) is 0 Å². The first kappa shape index (κ1) is 10.5. The zero-order chi connectivity index (χ0) is 11.2. The van der Waals surface area contributed by atoms with E-state index < -0.39 is 17.8 Å². The van der Waals surface area contributed by atoms with Crippen LogP contribution >= 0.6 is 0 Å². The van der Waals surface area contributed by atoms with Gasteiger partial charge in [-0.3, -0.25) is 9.59 Å². The number of carbonyl (C=O) groups is 2. The summed E-state index contributed by atoms with van der Waals surface area (Å²) >= 11 is 0. The van der Waals surface area contributed by atoms with Crippen LogP contribution in [0, 0.1) is 29.6 Å². The van der Waals surface area contributed by atoms with E-state index in [1.165, 1.54) is 7.11 Å². The molecule has 2 aliphatic rings. The second-order valence-electron chi connectivity index (χ2n) is 4.79. The summed E-state index contributed by atoms with van der Waals surface area (Å²) in [6, 6.07) is 0. The molecule has 4 nitrogen and oxygen atoms in total. The van der Waals surface area contributed by atoms with Gasteiger partial charge in [-0.2, -0.15) is 0 Å². The van der Waals surface area contributed by atoms with Gasteiger partial charge in [0.05, 0.1) is 18.9 Å². The highest BCUT2D eigenvalue weighted by Gasteiger charge is 2.57. The van der Waals surface area contributed by atoms with Crippen molar-refractivity contribution >= 4 is 11.9 Å². The molecular formula is C11H16O4. The number of rotatable bonds is 2. The van der Waals surface area contributed by atoms with E-state index in [2.05, 4.69) is 6.92 Å². The van der Waals surface area contributed by atoms with Crippen LogP contribution in [0.1, 0.15) is 19.8 Å². The monoisotopic (exact) mass is 212 g/mol. The molecule has 2 unspecified atom stereocenters. The predicted molar refractivity (Wildman–Crippen MR) is 52.0 cm³/mol. The van der Waals surface area contributed by atoms with Gasteiger partial charge in [0, 0.05) is 0 Å². The second-order valence-corrected chi connectivity index (χ2v) is 4.79. The summed E-state index contributed by atoms with van der Waals surface area (Å²) in [5.74, 6) is -1.28. The molecule has 2 fully saturated rings. The normalized spacial score (nSPS) is 42.9. The number of aliphatic carboxylic acids is 1. The summed E-state index contributed by atoms with van der Waals surface area (Å²) in [7, 11) is 1.33. The van der Waals surface area contributed by atoms with E-state index in [4.69, 9.17) is 9.84 Å². The van der Waals surface area contributed by atoms with Crippen molar-refractivity contribution in [1.82, 2.24) is 0 Å². The lowest BCUT2D eigenvalue weighted by atomic mass is 9.74. The van der Waals surface area contributed by atoms with Crippen LogP contribution in [-0.2, 0) is 14.3 Å². The maximum Gasteiger partial charge on any atom is 0.309 e. The van der Waals surface area contributed by atoms with Gasteiger partial charge in [-0.25, -0.2) is 0 Å². The summed E-state index contributed by atoms with van der Waals surface area (Å²) in [6.07, 6.45) is 1.81. The highest BCUT2D eigenvalue weighted by molar-refractivity contribution is 5.82. The van der Waals surface area contributed by atoms with E-state index in [0.29, 0.717) is 5.92 Å². The Balaban J connectivity index is 2.25. The molecule has 84 valence electrons. The lowest BCUT2D eigenvalue weighted by molar-refractivity contribution is -0.159. The van der Waals surface area contributed by atoms with Crippen LogP contribution in [0.4, 0.5) is 0 Å². The number of esters is 1. The number of ether oxygens (including phenoxy) is 1. The van der Waals surface area contributed by atoms with Gasteiger partial charge in [-0.05, 0) is 30.6 Å². The van der Waals surface area contributed by atoms with Crippen LogP contribution in [-0.4, -0.2) is 24.2 Å². The largest absolute Gasteiger partial charge is 0.481 e. The molecule has 0 aromatic heterocycles. The molecule has 5 atom stereocenters. The van der Waals surface area contributed by atoms with Crippen molar-refractivity contribution < 1.29 is 19.4 Å². The van der Waals surface area contributed by atoms with Crippen LogP contribution in [0.2, 0.25) is 0 Å². The number of carbonyl (C=O) groups excluding carboxylic acids is 1. The molecule has 2 rings (SSSR count). The first-order valence-corrected chi connectivity index (χ1v) is 5.37. The van der Waals surface area contributed by atoms with E-state index in [1.807, 2.05) is 0 Å². The third kappa shape index (κ3) is 1.43. The SMILES string of the molecule is COC(=O)[C@H]1C2CC(C[C@@H]2C)[C@@H]1C(=O)O. The number of hydrogen-bond donors (Lipinski definition) is 1. The zero-order valence-corrected chi connectivity index (χ0v) is 8.97. The molecule has 0 spiro atoms. The van der Waals surface area contributed by atoms with Gasteiger partial charge in [-0.1, -0.05) is 6.92 Å². The fourth-order valence-electron chi connectivity index (χ4n) is 3.50. The Hall–Kier alpha value is -1.06. The van der Waals surface area contributed by atoms with E-state index in [-0.39, 0.29) is 17.8 Å². The predicted octanol–water partition coefficient (Wildman–Crippen LogP) is 1.15. The van der Waals surface area contributed by atoms with Gasteiger partial charge in [-0.15, -0.1) is 0 Å². The third-order valence-electron chi connectivity index (χ3n) is 4.09. The fraction of sp³-hybridized carbons (Fsp3) is 0.818. The summed E-state index contributed by atoms with van der Waals surface area (Å²) in [6.45, 7) is 2.10. The van der Waals surface area contributed by atoms with E-state index in [0.717, 1.165) is 12.8 Å². The molecule has 15 heavy (non-hydrogen) atoms. The smallest absolute Gasteiger partial charge is 0.309 e. The molecule has 0 saturated heterocycles. The first-order valence-electron chi connectivity index (χ1n) is 5.37. The molecule has 0 heterocycles. The Morgan fingerprint density at radius 3 is 2.47 bits per heavy atom. The highest BCUT2D eigenvalue weighted by atomic mass is 16.5. The minimum Gasteiger partial charge on any atom is -0.481 e.